The standard InChI is InChI=1S/C10H22NO.2CH3.Al/c1-8(2)6-11(10(5)12)7-9(3)4;;;/h8-10H,6-7H2,1-5H3;2*1H3;/q-1;;;+1. The Hall–Kier alpha value is 0.452. The number of hydrogen-bond donors (Lipinski definition) is 0. The van der Waals surface area contributed by atoms with Crippen LogP contribution in [0.5, 0.6) is 0 Å². The van der Waals surface area contributed by atoms with Crippen LogP contribution in [0.15, 0.2) is 0 Å². The van der Waals surface area contributed by atoms with Crippen LogP contribution in [0.1, 0.15) is 34.6 Å². The van der Waals surface area contributed by atoms with Crippen LogP contribution in [0.4, 0.5) is 0 Å². The van der Waals surface area contributed by atoms with Gasteiger partial charge in [-0.1, -0.05) is 39.3 Å². The molecule has 0 rings (SSSR count). The van der Waals surface area contributed by atoms with Crippen LogP contribution >= 0.6 is 0 Å². The molecular weight excluding hydrogens is 201 g/mol. The summed E-state index contributed by atoms with van der Waals surface area (Å²) < 4.78 is 5.98. The topological polar surface area (TPSA) is 12.5 Å². The van der Waals surface area contributed by atoms with Crippen molar-refractivity contribution in [3.63, 3.8) is 0 Å². The van der Waals surface area contributed by atoms with E-state index in [1.54, 1.807) is 0 Å². The van der Waals surface area contributed by atoms with Gasteiger partial charge >= 0.3 is 14.5 Å². The summed E-state index contributed by atoms with van der Waals surface area (Å²) in [5, 5.41) is 0. The SMILES string of the molecule is CC(C)CN(CC(C)C)C(C)[O][Al]([CH3])[CH3]. The molecule has 90 valence electrons. The summed E-state index contributed by atoms with van der Waals surface area (Å²) >= 11 is -0.917. The summed E-state index contributed by atoms with van der Waals surface area (Å²) in [5.74, 6) is 5.89. The third kappa shape index (κ3) is 8.28. The fraction of sp³-hybridized carbons (Fsp3) is 1.00. The van der Waals surface area contributed by atoms with Crippen molar-refractivity contribution in [2.45, 2.75) is 52.4 Å². The zero-order chi connectivity index (χ0) is 12.0. The second-order valence-electron chi connectivity index (χ2n) is 5.53. The molecule has 0 fully saturated rings. The quantitative estimate of drug-likeness (QED) is 0.491. The minimum absolute atomic E-state index is 0.293. The molecule has 3 heteroatoms. The maximum absolute atomic E-state index is 5.98. The van der Waals surface area contributed by atoms with E-state index >= 15 is 0 Å². The lowest BCUT2D eigenvalue weighted by atomic mass is 10.1. The molecule has 1 unspecified atom stereocenters. The van der Waals surface area contributed by atoms with Crippen LogP contribution in [-0.2, 0) is 3.79 Å². The maximum Gasteiger partial charge on any atom is 0.455 e. The first kappa shape index (κ1) is 15.5. The lowest BCUT2D eigenvalue weighted by molar-refractivity contribution is 0.0220. The van der Waals surface area contributed by atoms with Gasteiger partial charge in [0.1, 0.15) is 0 Å². The van der Waals surface area contributed by atoms with Gasteiger partial charge in [-0.05, 0) is 18.8 Å². The van der Waals surface area contributed by atoms with Crippen molar-refractivity contribution >= 4 is 14.5 Å². The third-order valence-corrected chi connectivity index (χ3v) is 3.12. The Balaban J connectivity index is 4.20. The average molecular weight is 229 g/mol. The average Bonchev–Trinajstić information content (AvgIpc) is 1.99. The molecule has 0 spiro atoms. The number of rotatable bonds is 7. The molecule has 0 saturated carbocycles. The van der Waals surface area contributed by atoms with Gasteiger partial charge in [0.15, 0.2) is 0 Å². The number of hydrogen-bond acceptors (Lipinski definition) is 2. The molecule has 2 nitrogen and oxygen atoms in total. The van der Waals surface area contributed by atoms with E-state index in [4.69, 9.17) is 3.79 Å². The van der Waals surface area contributed by atoms with E-state index in [9.17, 15) is 0 Å². The van der Waals surface area contributed by atoms with Crippen LogP contribution in [0.2, 0.25) is 11.6 Å². The first-order chi connectivity index (χ1) is 6.82. The van der Waals surface area contributed by atoms with Gasteiger partial charge < -0.3 is 3.79 Å². The highest BCUT2D eigenvalue weighted by Crippen LogP contribution is 2.10. The molecule has 1 atom stereocenters. The first-order valence-corrected chi connectivity index (χ1v) is 9.00. The molecule has 0 aliphatic heterocycles. The summed E-state index contributed by atoms with van der Waals surface area (Å²) in [6.45, 7) is 13.6. The Morgan fingerprint density at radius 3 is 1.60 bits per heavy atom. The van der Waals surface area contributed by atoms with Crippen LogP contribution in [-0.4, -0.2) is 38.7 Å². The Morgan fingerprint density at radius 1 is 0.933 bits per heavy atom. The predicted molar refractivity (Wildman–Crippen MR) is 69.3 cm³/mol. The van der Waals surface area contributed by atoms with Crippen molar-refractivity contribution < 1.29 is 3.79 Å². The van der Waals surface area contributed by atoms with Gasteiger partial charge in [-0.15, -0.1) is 0 Å². The Morgan fingerprint density at radius 2 is 1.33 bits per heavy atom. The third-order valence-electron chi connectivity index (χ3n) is 2.18. The van der Waals surface area contributed by atoms with Gasteiger partial charge in [0.05, 0.1) is 6.23 Å². The van der Waals surface area contributed by atoms with Gasteiger partial charge in [-0.25, -0.2) is 0 Å². The van der Waals surface area contributed by atoms with Gasteiger partial charge in [-0.3, -0.25) is 4.90 Å². The Labute approximate surface area is 101 Å². The van der Waals surface area contributed by atoms with Crippen molar-refractivity contribution in [1.82, 2.24) is 4.90 Å². The van der Waals surface area contributed by atoms with E-state index in [1.807, 2.05) is 0 Å². The minimum Gasteiger partial charge on any atom is -0.487 e. The monoisotopic (exact) mass is 229 g/mol. The summed E-state index contributed by atoms with van der Waals surface area (Å²) in [6.07, 6.45) is 0.293. The summed E-state index contributed by atoms with van der Waals surface area (Å²) in [4.78, 5) is 2.47. The molecule has 0 aromatic rings. The summed E-state index contributed by atoms with van der Waals surface area (Å²) in [5.41, 5.74) is 0. The van der Waals surface area contributed by atoms with E-state index < -0.39 is 14.5 Å². The van der Waals surface area contributed by atoms with Crippen molar-refractivity contribution in [3.05, 3.63) is 0 Å². The van der Waals surface area contributed by atoms with E-state index in [1.165, 1.54) is 0 Å². The van der Waals surface area contributed by atoms with Gasteiger partial charge in [0.2, 0.25) is 0 Å². The lowest BCUT2D eigenvalue weighted by Crippen LogP contribution is -2.41. The molecule has 0 heterocycles. The largest absolute Gasteiger partial charge is 0.487 e. The smallest absolute Gasteiger partial charge is 0.455 e. The normalized spacial score (nSPS) is 14.0. The van der Waals surface area contributed by atoms with Crippen molar-refractivity contribution in [2.75, 3.05) is 13.1 Å². The molecule has 0 amide bonds. The second kappa shape index (κ2) is 7.68. The Bertz CT molecular complexity index is 150. The van der Waals surface area contributed by atoms with Gasteiger partial charge in [-0.2, -0.15) is 0 Å². The fourth-order valence-corrected chi connectivity index (χ4v) is 2.75. The molecule has 0 aromatic carbocycles. The van der Waals surface area contributed by atoms with Crippen LogP contribution < -0.4 is 0 Å². The molecule has 15 heavy (non-hydrogen) atoms. The highest BCUT2D eigenvalue weighted by Gasteiger charge is 2.18. The second-order valence-corrected chi connectivity index (χ2v) is 7.90. The van der Waals surface area contributed by atoms with E-state index in [0.717, 1.165) is 13.1 Å². The van der Waals surface area contributed by atoms with Crippen LogP contribution in [0, 0.1) is 11.8 Å². The molecule has 0 aliphatic carbocycles. The minimum atomic E-state index is -0.917. The van der Waals surface area contributed by atoms with Crippen molar-refractivity contribution in [3.8, 4) is 0 Å². The number of nitrogens with zero attached hydrogens (tertiary/aromatic N) is 1. The van der Waals surface area contributed by atoms with Crippen molar-refractivity contribution in [1.29, 1.82) is 0 Å². The first-order valence-electron chi connectivity index (χ1n) is 6.22. The molecule has 0 aromatic heterocycles. The predicted octanol–water partition coefficient (Wildman–Crippen LogP) is 3.21. The van der Waals surface area contributed by atoms with E-state index in [-0.39, 0.29) is 0 Å². The van der Waals surface area contributed by atoms with E-state index in [0.29, 0.717) is 18.1 Å². The van der Waals surface area contributed by atoms with Crippen LogP contribution in [0.25, 0.3) is 0 Å². The molecular formula is C12H28AlNO. The molecule has 0 N–H and O–H groups in total. The Kier molecular flexibility index (Phi) is 7.91. The van der Waals surface area contributed by atoms with Crippen LogP contribution in [0.3, 0.4) is 0 Å². The summed E-state index contributed by atoms with van der Waals surface area (Å²) in [7, 11) is 0. The van der Waals surface area contributed by atoms with Gasteiger partial charge in [0.25, 0.3) is 0 Å². The zero-order valence-corrected chi connectivity index (χ0v) is 12.7. The lowest BCUT2D eigenvalue weighted by Gasteiger charge is -2.33. The fourth-order valence-electron chi connectivity index (χ4n) is 1.79. The molecule has 0 bridgehead atoms. The van der Waals surface area contributed by atoms with E-state index in [2.05, 4.69) is 51.1 Å². The zero-order valence-electron chi connectivity index (χ0n) is 11.6. The van der Waals surface area contributed by atoms with Crippen molar-refractivity contribution in [2.24, 2.45) is 11.8 Å². The highest BCUT2D eigenvalue weighted by atomic mass is 27.2. The maximum atomic E-state index is 5.98. The van der Waals surface area contributed by atoms with Gasteiger partial charge in [0, 0.05) is 13.1 Å². The molecule has 0 radical (unpaired) electrons. The molecule has 0 aliphatic rings. The highest BCUT2D eigenvalue weighted by molar-refractivity contribution is 6.48. The summed E-state index contributed by atoms with van der Waals surface area (Å²) in [6, 6.07) is 0. The molecule has 0 saturated heterocycles.